The van der Waals surface area contributed by atoms with Crippen LogP contribution in [0.5, 0.6) is 0 Å². The van der Waals surface area contributed by atoms with Crippen LogP contribution in [-0.4, -0.2) is 47.9 Å². The van der Waals surface area contributed by atoms with Gasteiger partial charge in [-0.25, -0.2) is 4.99 Å². The van der Waals surface area contributed by atoms with Crippen LogP contribution in [-0.2, 0) is 17.8 Å². The molecule has 28 heavy (non-hydrogen) atoms. The van der Waals surface area contributed by atoms with E-state index in [1.54, 1.807) is 6.20 Å². The first-order chi connectivity index (χ1) is 13.7. The van der Waals surface area contributed by atoms with Crippen LogP contribution in [0, 0.1) is 5.92 Å². The zero-order valence-corrected chi connectivity index (χ0v) is 16.5. The SMILES string of the molecule is CCNC(=NCc1ccccn1)NCC1CC(=O)N(CCc2ccccc2)C1. The molecule has 0 aliphatic carbocycles. The van der Waals surface area contributed by atoms with Crippen LogP contribution in [0.2, 0.25) is 0 Å². The summed E-state index contributed by atoms with van der Waals surface area (Å²) in [6.07, 6.45) is 3.28. The Morgan fingerprint density at radius 1 is 1.18 bits per heavy atom. The molecule has 0 spiro atoms. The van der Waals surface area contributed by atoms with Gasteiger partial charge in [0.05, 0.1) is 12.2 Å². The third-order valence-electron chi connectivity index (χ3n) is 4.84. The van der Waals surface area contributed by atoms with Gasteiger partial charge < -0.3 is 15.5 Å². The minimum absolute atomic E-state index is 0.248. The second-order valence-corrected chi connectivity index (χ2v) is 7.04. The molecular weight excluding hydrogens is 350 g/mol. The molecule has 0 bridgehead atoms. The number of benzene rings is 1. The van der Waals surface area contributed by atoms with E-state index in [0.29, 0.717) is 18.9 Å². The van der Waals surface area contributed by atoms with Gasteiger partial charge in [-0.2, -0.15) is 0 Å². The van der Waals surface area contributed by atoms with Crippen LogP contribution >= 0.6 is 0 Å². The van der Waals surface area contributed by atoms with Crippen molar-refractivity contribution in [1.29, 1.82) is 0 Å². The van der Waals surface area contributed by atoms with Crippen LogP contribution < -0.4 is 10.6 Å². The van der Waals surface area contributed by atoms with E-state index in [0.717, 1.165) is 44.3 Å². The van der Waals surface area contributed by atoms with E-state index >= 15 is 0 Å². The lowest BCUT2D eigenvalue weighted by Crippen LogP contribution is -2.40. The Labute approximate surface area is 167 Å². The van der Waals surface area contributed by atoms with Crippen LogP contribution in [0.25, 0.3) is 0 Å². The number of aliphatic imine (C=N–C) groups is 1. The van der Waals surface area contributed by atoms with Gasteiger partial charge in [-0.3, -0.25) is 9.78 Å². The molecular formula is C22H29N5O. The Morgan fingerprint density at radius 2 is 2.00 bits per heavy atom. The molecule has 1 aliphatic rings. The molecule has 148 valence electrons. The van der Waals surface area contributed by atoms with E-state index in [-0.39, 0.29) is 5.91 Å². The van der Waals surface area contributed by atoms with Gasteiger partial charge >= 0.3 is 0 Å². The summed E-state index contributed by atoms with van der Waals surface area (Å²) >= 11 is 0. The highest BCUT2D eigenvalue weighted by Crippen LogP contribution is 2.17. The Morgan fingerprint density at radius 3 is 2.75 bits per heavy atom. The van der Waals surface area contributed by atoms with Crippen molar-refractivity contribution in [3.63, 3.8) is 0 Å². The molecule has 1 fully saturated rings. The number of carbonyl (C=O) groups excluding carboxylic acids is 1. The zero-order valence-electron chi connectivity index (χ0n) is 16.5. The van der Waals surface area contributed by atoms with Crippen molar-refractivity contribution in [1.82, 2.24) is 20.5 Å². The molecule has 1 atom stereocenters. The summed E-state index contributed by atoms with van der Waals surface area (Å²) in [4.78, 5) is 23.2. The molecule has 1 unspecified atom stereocenters. The predicted molar refractivity (Wildman–Crippen MR) is 112 cm³/mol. The van der Waals surface area contributed by atoms with Crippen LogP contribution in [0.15, 0.2) is 59.7 Å². The molecule has 2 heterocycles. The van der Waals surface area contributed by atoms with E-state index in [1.807, 2.05) is 48.2 Å². The van der Waals surface area contributed by atoms with Gasteiger partial charge in [-0.15, -0.1) is 0 Å². The first-order valence-corrected chi connectivity index (χ1v) is 9.98. The predicted octanol–water partition coefficient (Wildman–Crippen LogP) is 2.23. The fourth-order valence-corrected chi connectivity index (χ4v) is 3.35. The number of likely N-dealkylation sites (tertiary alicyclic amines) is 1. The quantitative estimate of drug-likeness (QED) is 0.545. The number of carbonyl (C=O) groups is 1. The molecule has 6 nitrogen and oxygen atoms in total. The number of hydrogen-bond donors (Lipinski definition) is 2. The highest BCUT2D eigenvalue weighted by atomic mass is 16.2. The fourth-order valence-electron chi connectivity index (χ4n) is 3.35. The monoisotopic (exact) mass is 379 g/mol. The summed E-state index contributed by atoms with van der Waals surface area (Å²) in [5.41, 5.74) is 2.20. The van der Waals surface area contributed by atoms with Crippen molar-refractivity contribution in [3.8, 4) is 0 Å². The van der Waals surface area contributed by atoms with Crippen molar-refractivity contribution in [2.75, 3.05) is 26.2 Å². The summed E-state index contributed by atoms with van der Waals surface area (Å²) in [6, 6.07) is 16.2. The largest absolute Gasteiger partial charge is 0.357 e. The molecule has 1 aromatic carbocycles. The molecule has 3 rings (SSSR count). The number of rotatable bonds is 8. The van der Waals surface area contributed by atoms with Crippen molar-refractivity contribution in [3.05, 3.63) is 66.0 Å². The number of aromatic nitrogens is 1. The smallest absolute Gasteiger partial charge is 0.223 e. The minimum atomic E-state index is 0.248. The maximum absolute atomic E-state index is 12.3. The second kappa shape index (κ2) is 10.4. The maximum atomic E-state index is 12.3. The molecule has 6 heteroatoms. The first-order valence-electron chi connectivity index (χ1n) is 9.98. The molecule has 1 saturated heterocycles. The van der Waals surface area contributed by atoms with Gasteiger partial charge in [-0.1, -0.05) is 36.4 Å². The maximum Gasteiger partial charge on any atom is 0.223 e. The molecule has 0 saturated carbocycles. The molecule has 1 amide bonds. The highest BCUT2D eigenvalue weighted by molar-refractivity contribution is 5.81. The van der Waals surface area contributed by atoms with Crippen LogP contribution in [0.1, 0.15) is 24.6 Å². The standard InChI is InChI=1S/C22H29N5O/c1-2-23-22(26-16-20-10-6-7-12-24-20)25-15-19-14-21(28)27(17-19)13-11-18-8-4-3-5-9-18/h3-10,12,19H,2,11,13-17H2,1H3,(H2,23,25,26). The van der Waals surface area contributed by atoms with E-state index in [4.69, 9.17) is 0 Å². The van der Waals surface area contributed by atoms with E-state index in [2.05, 4.69) is 32.7 Å². The summed E-state index contributed by atoms with van der Waals surface area (Å²) in [5.74, 6) is 1.32. The Kier molecular flexibility index (Phi) is 7.41. The molecule has 2 N–H and O–H groups in total. The normalized spacial score (nSPS) is 17.0. The van der Waals surface area contributed by atoms with Crippen LogP contribution in [0.3, 0.4) is 0 Å². The van der Waals surface area contributed by atoms with Gasteiger partial charge in [0, 0.05) is 44.7 Å². The second-order valence-electron chi connectivity index (χ2n) is 7.04. The summed E-state index contributed by atoms with van der Waals surface area (Å²) in [5, 5.41) is 6.64. The van der Waals surface area contributed by atoms with Gasteiger partial charge in [0.25, 0.3) is 0 Å². The van der Waals surface area contributed by atoms with Gasteiger partial charge in [0.2, 0.25) is 5.91 Å². The number of nitrogens with zero attached hydrogens (tertiary/aromatic N) is 3. The Hall–Kier alpha value is -2.89. The van der Waals surface area contributed by atoms with Gasteiger partial charge in [0.1, 0.15) is 0 Å². The lowest BCUT2D eigenvalue weighted by molar-refractivity contribution is -0.127. The molecule has 2 aromatic rings. The summed E-state index contributed by atoms with van der Waals surface area (Å²) in [6.45, 7) is 5.69. The average Bonchev–Trinajstić information content (AvgIpc) is 3.09. The topological polar surface area (TPSA) is 69.6 Å². The zero-order chi connectivity index (χ0) is 19.6. The Bertz CT molecular complexity index is 763. The first kappa shape index (κ1) is 19.9. The van der Waals surface area contributed by atoms with Gasteiger partial charge in [-0.05, 0) is 31.0 Å². The molecule has 0 radical (unpaired) electrons. The third-order valence-corrected chi connectivity index (χ3v) is 4.84. The van der Waals surface area contributed by atoms with E-state index < -0.39 is 0 Å². The van der Waals surface area contributed by atoms with Crippen molar-refractivity contribution in [2.24, 2.45) is 10.9 Å². The summed E-state index contributed by atoms with van der Waals surface area (Å²) in [7, 11) is 0. The van der Waals surface area contributed by atoms with Gasteiger partial charge in [0.15, 0.2) is 5.96 Å². The minimum Gasteiger partial charge on any atom is -0.357 e. The van der Waals surface area contributed by atoms with Crippen molar-refractivity contribution < 1.29 is 4.79 Å². The number of hydrogen-bond acceptors (Lipinski definition) is 3. The number of nitrogens with one attached hydrogen (secondary N) is 2. The highest BCUT2D eigenvalue weighted by Gasteiger charge is 2.29. The molecule has 1 aromatic heterocycles. The number of amides is 1. The number of pyridine rings is 1. The number of guanidine groups is 1. The fraction of sp³-hybridized carbons (Fsp3) is 0.409. The van der Waals surface area contributed by atoms with Crippen molar-refractivity contribution >= 4 is 11.9 Å². The van der Waals surface area contributed by atoms with E-state index in [9.17, 15) is 4.79 Å². The molecule has 1 aliphatic heterocycles. The lowest BCUT2D eigenvalue weighted by Gasteiger charge is -2.18. The lowest BCUT2D eigenvalue weighted by atomic mass is 10.1. The average molecular weight is 380 g/mol. The van der Waals surface area contributed by atoms with E-state index in [1.165, 1.54) is 5.56 Å². The van der Waals surface area contributed by atoms with Crippen molar-refractivity contribution in [2.45, 2.75) is 26.3 Å². The summed E-state index contributed by atoms with van der Waals surface area (Å²) < 4.78 is 0. The van der Waals surface area contributed by atoms with Crippen LogP contribution in [0.4, 0.5) is 0 Å². The Balaban J connectivity index is 1.46. The third kappa shape index (κ3) is 6.08.